The molecule has 5 nitrogen and oxygen atoms in total. The number of nitrogen functional groups attached to an aromatic ring is 1. The van der Waals surface area contributed by atoms with Crippen LogP contribution in [0.25, 0.3) is 11.1 Å². The van der Waals surface area contributed by atoms with Crippen molar-refractivity contribution in [3.05, 3.63) is 42.0 Å². The summed E-state index contributed by atoms with van der Waals surface area (Å²) < 4.78 is 33.9. The van der Waals surface area contributed by atoms with E-state index in [4.69, 9.17) is 10.5 Å². The van der Waals surface area contributed by atoms with Crippen LogP contribution in [-0.4, -0.2) is 21.6 Å². The van der Waals surface area contributed by atoms with Crippen molar-refractivity contribution in [2.45, 2.75) is 43.5 Å². The average molecular weight is 360 g/mol. The Morgan fingerprint density at radius 2 is 1.84 bits per heavy atom. The molecule has 3 rings (SSSR count). The standard InChI is InChI=1S/C19H24N2O3S/c1-13-11-15(20)8-9-17(13)14-7-10-18(24-2)19(12-14)25(22,23)21-16-5-3-4-6-16/h7-12,16,21H,3-6,20H2,1-2H3. The minimum absolute atomic E-state index is 0.0108. The lowest BCUT2D eigenvalue weighted by Crippen LogP contribution is -2.32. The first-order valence-electron chi connectivity index (χ1n) is 8.47. The second-order valence-corrected chi connectivity index (χ2v) is 8.23. The van der Waals surface area contributed by atoms with Crippen molar-refractivity contribution in [3.8, 4) is 16.9 Å². The van der Waals surface area contributed by atoms with E-state index in [1.54, 1.807) is 12.1 Å². The molecule has 0 unspecified atom stereocenters. The van der Waals surface area contributed by atoms with Crippen molar-refractivity contribution in [1.29, 1.82) is 0 Å². The molecule has 0 aliphatic heterocycles. The molecule has 0 saturated heterocycles. The van der Waals surface area contributed by atoms with Gasteiger partial charge in [-0.25, -0.2) is 13.1 Å². The molecule has 0 amide bonds. The summed E-state index contributed by atoms with van der Waals surface area (Å²) in [5.41, 5.74) is 9.28. The molecule has 0 bridgehead atoms. The SMILES string of the molecule is COc1ccc(-c2ccc(N)cc2C)cc1S(=O)(=O)NC1CCCC1. The van der Waals surface area contributed by atoms with Crippen LogP contribution in [0, 0.1) is 6.92 Å². The van der Waals surface area contributed by atoms with E-state index in [0.717, 1.165) is 42.4 Å². The van der Waals surface area contributed by atoms with Crippen molar-refractivity contribution >= 4 is 15.7 Å². The number of rotatable bonds is 5. The van der Waals surface area contributed by atoms with Gasteiger partial charge >= 0.3 is 0 Å². The number of nitrogens with one attached hydrogen (secondary N) is 1. The minimum atomic E-state index is -3.64. The van der Waals surface area contributed by atoms with Crippen molar-refractivity contribution in [3.63, 3.8) is 0 Å². The lowest BCUT2D eigenvalue weighted by Gasteiger charge is -2.16. The third kappa shape index (κ3) is 3.80. The highest BCUT2D eigenvalue weighted by Crippen LogP contribution is 2.32. The summed E-state index contributed by atoms with van der Waals surface area (Å²) in [7, 11) is -2.15. The Morgan fingerprint density at radius 1 is 1.12 bits per heavy atom. The fraction of sp³-hybridized carbons (Fsp3) is 0.368. The highest BCUT2D eigenvalue weighted by molar-refractivity contribution is 7.89. The Kier molecular flexibility index (Phi) is 5.01. The van der Waals surface area contributed by atoms with Crippen LogP contribution >= 0.6 is 0 Å². The van der Waals surface area contributed by atoms with Gasteiger partial charge in [0.2, 0.25) is 10.0 Å². The number of methoxy groups -OCH3 is 1. The van der Waals surface area contributed by atoms with Gasteiger partial charge < -0.3 is 10.5 Å². The fourth-order valence-electron chi connectivity index (χ4n) is 3.39. The molecule has 134 valence electrons. The molecule has 0 aromatic heterocycles. The Hall–Kier alpha value is -2.05. The van der Waals surface area contributed by atoms with E-state index >= 15 is 0 Å². The van der Waals surface area contributed by atoms with E-state index in [-0.39, 0.29) is 10.9 Å². The Morgan fingerprint density at radius 3 is 2.48 bits per heavy atom. The molecule has 0 radical (unpaired) electrons. The number of nitrogens with two attached hydrogens (primary N) is 1. The predicted molar refractivity (Wildman–Crippen MR) is 100 cm³/mol. The fourth-order valence-corrected chi connectivity index (χ4v) is 4.89. The number of ether oxygens (including phenoxy) is 1. The molecule has 1 fully saturated rings. The topological polar surface area (TPSA) is 81.4 Å². The summed E-state index contributed by atoms with van der Waals surface area (Å²) in [4.78, 5) is 0.177. The molecule has 1 aliphatic rings. The van der Waals surface area contributed by atoms with E-state index in [1.165, 1.54) is 7.11 Å². The van der Waals surface area contributed by atoms with Gasteiger partial charge in [0, 0.05) is 11.7 Å². The number of anilines is 1. The van der Waals surface area contributed by atoms with Gasteiger partial charge in [0.15, 0.2) is 0 Å². The van der Waals surface area contributed by atoms with E-state index in [1.807, 2.05) is 31.2 Å². The molecule has 0 atom stereocenters. The second-order valence-electron chi connectivity index (χ2n) is 6.54. The summed E-state index contributed by atoms with van der Waals surface area (Å²) in [6, 6.07) is 10.9. The third-order valence-corrected chi connectivity index (χ3v) is 6.23. The summed E-state index contributed by atoms with van der Waals surface area (Å²) >= 11 is 0. The predicted octanol–water partition coefficient (Wildman–Crippen LogP) is 3.47. The first-order valence-corrected chi connectivity index (χ1v) is 9.96. The minimum Gasteiger partial charge on any atom is -0.495 e. The number of aryl methyl sites for hydroxylation is 1. The van der Waals surface area contributed by atoms with Gasteiger partial charge in [0.1, 0.15) is 10.6 Å². The molecule has 25 heavy (non-hydrogen) atoms. The number of hydrogen-bond donors (Lipinski definition) is 2. The Bertz CT molecular complexity index is 872. The first kappa shape index (κ1) is 17.8. The normalized spacial score (nSPS) is 15.4. The van der Waals surface area contributed by atoms with Crippen molar-refractivity contribution in [2.75, 3.05) is 12.8 Å². The molecule has 6 heteroatoms. The van der Waals surface area contributed by atoms with Crippen LogP contribution in [0.4, 0.5) is 5.69 Å². The third-order valence-electron chi connectivity index (χ3n) is 4.69. The van der Waals surface area contributed by atoms with Crippen molar-refractivity contribution in [2.24, 2.45) is 0 Å². The van der Waals surface area contributed by atoms with Crippen LogP contribution in [-0.2, 0) is 10.0 Å². The molecular weight excluding hydrogens is 336 g/mol. The van der Waals surface area contributed by atoms with E-state index in [0.29, 0.717) is 11.4 Å². The highest BCUT2D eigenvalue weighted by atomic mass is 32.2. The van der Waals surface area contributed by atoms with Gasteiger partial charge in [0.05, 0.1) is 7.11 Å². The van der Waals surface area contributed by atoms with Gasteiger partial charge in [-0.05, 0) is 60.7 Å². The zero-order valence-electron chi connectivity index (χ0n) is 14.6. The van der Waals surface area contributed by atoms with Crippen LogP contribution in [0.15, 0.2) is 41.3 Å². The lowest BCUT2D eigenvalue weighted by atomic mass is 10.00. The molecule has 3 N–H and O–H groups in total. The van der Waals surface area contributed by atoms with Crippen LogP contribution in [0.3, 0.4) is 0 Å². The number of sulfonamides is 1. The van der Waals surface area contributed by atoms with Gasteiger partial charge in [-0.3, -0.25) is 0 Å². The monoisotopic (exact) mass is 360 g/mol. The van der Waals surface area contributed by atoms with Crippen LogP contribution in [0.1, 0.15) is 31.2 Å². The smallest absolute Gasteiger partial charge is 0.244 e. The Labute approximate surface area is 149 Å². The maximum Gasteiger partial charge on any atom is 0.244 e. The average Bonchev–Trinajstić information content (AvgIpc) is 3.06. The molecule has 1 aliphatic carbocycles. The maximum atomic E-state index is 12.9. The van der Waals surface area contributed by atoms with Crippen LogP contribution in [0.5, 0.6) is 5.75 Å². The summed E-state index contributed by atoms with van der Waals surface area (Å²) in [6.45, 7) is 1.96. The number of benzene rings is 2. The van der Waals surface area contributed by atoms with E-state index in [9.17, 15) is 8.42 Å². The summed E-state index contributed by atoms with van der Waals surface area (Å²) in [5, 5.41) is 0. The van der Waals surface area contributed by atoms with E-state index in [2.05, 4.69) is 4.72 Å². The molecule has 2 aromatic carbocycles. The van der Waals surface area contributed by atoms with Crippen molar-refractivity contribution in [1.82, 2.24) is 4.72 Å². The lowest BCUT2D eigenvalue weighted by molar-refractivity contribution is 0.402. The summed E-state index contributed by atoms with van der Waals surface area (Å²) in [5.74, 6) is 0.349. The van der Waals surface area contributed by atoms with Crippen molar-refractivity contribution < 1.29 is 13.2 Å². The van der Waals surface area contributed by atoms with Gasteiger partial charge in [0.25, 0.3) is 0 Å². The molecule has 2 aromatic rings. The van der Waals surface area contributed by atoms with Gasteiger partial charge in [-0.2, -0.15) is 0 Å². The van der Waals surface area contributed by atoms with Crippen LogP contribution in [0.2, 0.25) is 0 Å². The first-order chi connectivity index (χ1) is 11.9. The molecule has 0 spiro atoms. The molecule has 0 heterocycles. The quantitative estimate of drug-likeness (QED) is 0.800. The maximum absolute atomic E-state index is 12.9. The molecule has 1 saturated carbocycles. The zero-order chi connectivity index (χ0) is 18.0. The summed E-state index contributed by atoms with van der Waals surface area (Å²) in [6.07, 6.45) is 3.90. The highest BCUT2D eigenvalue weighted by Gasteiger charge is 2.26. The van der Waals surface area contributed by atoms with Gasteiger partial charge in [-0.15, -0.1) is 0 Å². The Balaban J connectivity index is 2.03. The van der Waals surface area contributed by atoms with E-state index < -0.39 is 10.0 Å². The van der Waals surface area contributed by atoms with Crippen LogP contribution < -0.4 is 15.2 Å². The number of hydrogen-bond acceptors (Lipinski definition) is 4. The second kappa shape index (κ2) is 7.06. The zero-order valence-corrected chi connectivity index (χ0v) is 15.4. The van der Waals surface area contributed by atoms with Gasteiger partial charge in [-0.1, -0.05) is 25.0 Å². The molecular formula is C19H24N2O3S. The largest absolute Gasteiger partial charge is 0.495 e.